The van der Waals surface area contributed by atoms with Gasteiger partial charge in [0.25, 0.3) is 5.91 Å². The van der Waals surface area contributed by atoms with Crippen molar-refractivity contribution in [1.29, 1.82) is 0 Å². The van der Waals surface area contributed by atoms with Gasteiger partial charge in [0.2, 0.25) is 0 Å². The van der Waals surface area contributed by atoms with Crippen molar-refractivity contribution < 1.29 is 14.3 Å². The SMILES string of the molecule is CCOC(=O)c1c(N)sc(C(=O)N[C@@H](C)c2ccccc2)c1C. The number of hydrogen-bond acceptors (Lipinski definition) is 5. The lowest BCUT2D eigenvalue weighted by molar-refractivity contribution is 0.0527. The molecular formula is C17H20N2O3S. The summed E-state index contributed by atoms with van der Waals surface area (Å²) in [4.78, 5) is 24.9. The van der Waals surface area contributed by atoms with E-state index in [-0.39, 0.29) is 24.1 Å². The summed E-state index contributed by atoms with van der Waals surface area (Å²) in [7, 11) is 0. The molecule has 122 valence electrons. The van der Waals surface area contributed by atoms with E-state index in [1.807, 2.05) is 37.3 Å². The van der Waals surface area contributed by atoms with Crippen LogP contribution in [0.2, 0.25) is 0 Å². The van der Waals surface area contributed by atoms with Gasteiger partial charge in [-0.15, -0.1) is 11.3 Å². The first kappa shape index (κ1) is 17.0. The lowest BCUT2D eigenvalue weighted by atomic mass is 10.1. The third kappa shape index (κ3) is 3.71. The lowest BCUT2D eigenvalue weighted by Gasteiger charge is -2.14. The summed E-state index contributed by atoms with van der Waals surface area (Å²) in [6, 6.07) is 9.52. The van der Waals surface area contributed by atoms with E-state index in [0.717, 1.165) is 16.9 Å². The quantitative estimate of drug-likeness (QED) is 0.823. The van der Waals surface area contributed by atoms with Gasteiger partial charge in [0.1, 0.15) is 5.00 Å². The molecule has 0 aliphatic rings. The summed E-state index contributed by atoms with van der Waals surface area (Å²) in [5.74, 6) is -0.736. The van der Waals surface area contributed by atoms with Crippen LogP contribution in [0.15, 0.2) is 30.3 Å². The first-order valence-electron chi connectivity index (χ1n) is 7.37. The summed E-state index contributed by atoms with van der Waals surface area (Å²) < 4.78 is 4.99. The molecule has 0 saturated carbocycles. The standard InChI is InChI=1S/C17H20N2O3S/c1-4-22-17(21)13-10(2)14(23-15(13)18)16(20)19-11(3)12-8-6-5-7-9-12/h5-9,11H,4,18H2,1-3H3,(H,19,20)/t11-/m0/s1. The van der Waals surface area contributed by atoms with Crippen molar-refractivity contribution in [2.45, 2.75) is 26.8 Å². The summed E-state index contributed by atoms with van der Waals surface area (Å²) in [5, 5.41) is 3.23. The monoisotopic (exact) mass is 332 g/mol. The number of nitrogens with two attached hydrogens (primary N) is 1. The predicted molar refractivity (Wildman–Crippen MR) is 91.7 cm³/mol. The number of ether oxygens (including phenoxy) is 1. The molecule has 0 unspecified atom stereocenters. The zero-order valence-corrected chi connectivity index (χ0v) is 14.2. The molecule has 1 heterocycles. The number of hydrogen-bond donors (Lipinski definition) is 2. The Hall–Kier alpha value is -2.34. The number of benzene rings is 1. The normalized spacial score (nSPS) is 11.8. The van der Waals surface area contributed by atoms with Crippen LogP contribution in [-0.2, 0) is 4.74 Å². The van der Waals surface area contributed by atoms with Crippen molar-refractivity contribution in [3.05, 3.63) is 51.9 Å². The summed E-state index contributed by atoms with van der Waals surface area (Å²) >= 11 is 1.11. The van der Waals surface area contributed by atoms with Crippen LogP contribution in [0.3, 0.4) is 0 Å². The third-order valence-electron chi connectivity index (χ3n) is 3.51. The number of esters is 1. The second-order valence-electron chi connectivity index (χ2n) is 5.12. The fourth-order valence-electron chi connectivity index (χ4n) is 2.30. The second-order valence-corrected chi connectivity index (χ2v) is 6.17. The van der Waals surface area contributed by atoms with Crippen LogP contribution in [-0.4, -0.2) is 18.5 Å². The van der Waals surface area contributed by atoms with Gasteiger partial charge in [-0.1, -0.05) is 30.3 Å². The maximum absolute atomic E-state index is 12.5. The molecule has 2 rings (SSSR count). The molecule has 0 aliphatic carbocycles. The number of amides is 1. The van der Waals surface area contributed by atoms with E-state index >= 15 is 0 Å². The van der Waals surface area contributed by atoms with Gasteiger partial charge in [-0.05, 0) is 31.9 Å². The highest BCUT2D eigenvalue weighted by Crippen LogP contribution is 2.31. The van der Waals surface area contributed by atoms with Gasteiger partial charge in [-0.3, -0.25) is 4.79 Å². The van der Waals surface area contributed by atoms with Gasteiger partial charge in [0, 0.05) is 0 Å². The molecule has 0 aliphatic heterocycles. The molecule has 0 saturated heterocycles. The molecule has 1 atom stereocenters. The van der Waals surface area contributed by atoms with Gasteiger partial charge in [-0.25, -0.2) is 4.79 Å². The average molecular weight is 332 g/mol. The minimum absolute atomic E-state index is 0.141. The molecule has 1 amide bonds. The molecule has 0 fully saturated rings. The van der Waals surface area contributed by atoms with E-state index in [0.29, 0.717) is 15.4 Å². The highest BCUT2D eigenvalue weighted by Gasteiger charge is 2.24. The van der Waals surface area contributed by atoms with E-state index in [1.165, 1.54) is 0 Å². The van der Waals surface area contributed by atoms with Crippen molar-refractivity contribution >= 4 is 28.2 Å². The number of carbonyl (C=O) groups is 2. The predicted octanol–water partition coefficient (Wildman–Crippen LogP) is 3.31. The van der Waals surface area contributed by atoms with Crippen LogP contribution in [0.25, 0.3) is 0 Å². The van der Waals surface area contributed by atoms with Crippen LogP contribution in [0.5, 0.6) is 0 Å². The second kappa shape index (κ2) is 7.28. The van der Waals surface area contributed by atoms with Crippen molar-refractivity contribution in [3.63, 3.8) is 0 Å². The number of nitrogen functional groups attached to an aromatic ring is 1. The van der Waals surface area contributed by atoms with Gasteiger partial charge < -0.3 is 15.8 Å². The first-order chi connectivity index (χ1) is 11.0. The number of anilines is 1. The summed E-state index contributed by atoms with van der Waals surface area (Å²) in [5.41, 5.74) is 7.74. The van der Waals surface area contributed by atoms with Crippen molar-refractivity contribution in [1.82, 2.24) is 5.32 Å². The van der Waals surface area contributed by atoms with Crippen LogP contribution < -0.4 is 11.1 Å². The van der Waals surface area contributed by atoms with Gasteiger partial charge >= 0.3 is 5.97 Å². The Kier molecular flexibility index (Phi) is 5.39. The van der Waals surface area contributed by atoms with Crippen LogP contribution >= 0.6 is 11.3 Å². The summed E-state index contributed by atoms with van der Waals surface area (Å²) in [6.45, 7) is 5.61. The molecule has 2 aromatic rings. The Morgan fingerprint density at radius 3 is 2.57 bits per heavy atom. The molecule has 23 heavy (non-hydrogen) atoms. The maximum atomic E-state index is 12.5. The molecule has 3 N–H and O–H groups in total. The fraction of sp³-hybridized carbons (Fsp3) is 0.294. The van der Waals surface area contributed by atoms with Gasteiger partial charge in [-0.2, -0.15) is 0 Å². The highest BCUT2D eigenvalue weighted by molar-refractivity contribution is 7.18. The maximum Gasteiger partial charge on any atom is 0.341 e. The van der Waals surface area contributed by atoms with Crippen molar-refractivity contribution in [2.24, 2.45) is 0 Å². The molecule has 5 nitrogen and oxygen atoms in total. The molecule has 0 radical (unpaired) electrons. The van der Waals surface area contributed by atoms with Crippen LogP contribution in [0.4, 0.5) is 5.00 Å². The Labute approximate surface area is 139 Å². The number of carbonyl (C=O) groups excluding carboxylic acids is 2. The first-order valence-corrected chi connectivity index (χ1v) is 8.19. The minimum Gasteiger partial charge on any atom is -0.462 e. The number of rotatable bonds is 5. The van der Waals surface area contributed by atoms with Gasteiger partial charge in [0.15, 0.2) is 0 Å². The zero-order valence-electron chi connectivity index (χ0n) is 13.4. The van der Waals surface area contributed by atoms with E-state index in [4.69, 9.17) is 10.5 Å². The Morgan fingerprint density at radius 2 is 1.96 bits per heavy atom. The number of thiophene rings is 1. The Bertz CT molecular complexity index is 710. The van der Waals surface area contributed by atoms with Crippen molar-refractivity contribution in [2.75, 3.05) is 12.3 Å². The van der Waals surface area contributed by atoms with E-state index < -0.39 is 5.97 Å². The fourth-order valence-corrected chi connectivity index (χ4v) is 3.26. The molecule has 0 bridgehead atoms. The largest absolute Gasteiger partial charge is 0.462 e. The zero-order chi connectivity index (χ0) is 17.0. The Balaban J connectivity index is 2.20. The number of nitrogens with one attached hydrogen (secondary N) is 1. The van der Waals surface area contributed by atoms with Crippen LogP contribution in [0, 0.1) is 6.92 Å². The molecule has 1 aromatic carbocycles. The molecule has 6 heteroatoms. The molecule has 0 spiro atoms. The van der Waals surface area contributed by atoms with E-state index in [9.17, 15) is 9.59 Å². The van der Waals surface area contributed by atoms with E-state index in [1.54, 1.807) is 13.8 Å². The van der Waals surface area contributed by atoms with E-state index in [2.05, 4.69) is 5.32 Å². The minimum atomic E-state index is -0.492. The smallest absolute Gasteiger partial charge is 0.341 e. The summed E-state index contributed by atoms with van der Waals surface area (Å²) in [6.07, 6.45) is 0. The van der Waals surface area contributed by atoms with Crippen molar-refractivity contribution in [3.8, 4) is 0 Å². The third-order valence-corrected chi connectivity index (χ3v) is 4.63. The topological polar surface area (TPSA) is 81.4 Å². The molecule has 1 aromatic heterocycles. The molecular weight excluding hydrogens is 312 g/mol. The lowest BCUT2D eigenvalue weighted by Crippen LogP contribution is -2.26. The average Bonchev–Trinajstić information content (AvgIpc) is 2.83. The highest BCUT2D eigenvalue weighted by atomic mass is 32.1. The van der Waals surface area contributed by atoms with Crippen LogP contribution in [0.1, 0.15) is 51.0 Å². The van der Waals surface area contributed by atoms with Gasteiger partial charge in [0.05, 0.1) is 23.1 Å². The Morgan fingerprint density at radius 1 is 1.30 bits per heavy atom.